The molecular weight excluding hydrogens is 404 g/mol. The van der Waals surface area contributed by atoms with E-state index in [2.05, 4.69) is 0 Å². The Kier molecular flexibility index (Phi) is 5.43. The Bertz CT molecular complexity index is 1020. The van der Waals surface area contributed by atoms with Crippen LogP contribution in [0, 0.1) is 0 Å². The number of methoxy groups -OCH3 is 1. The van der Waals surface area contributed by atoms with Crippen molar-refractivity contribution in [3.63, 3.8) is 0 Å². The second kappa shape index (κ2) is 8.26. The fourth-order valence-corrected chi connectivity index (χ4v) is 5.36. The van der Waals surface area contributed by atoms with E-state index in [1.165, 1.54) is 5.69 Å². The standard InChI is InChI=1S/C25H32N4O3/c1-27-22-11-16-29(24(31)25(12-13-25)18-5-7-19(32-2)8-6-18)17-20(22)21(26-27)9-10-23(30)28-14-3-4-15-28/h5-8H,3-4,9-17H2,1-2H3. The Balaban J connectivity index is 1.30. The Morgan fingerprint density at radius 3 is 2.44 bits per heavy atom. The van der Waals surface area contributed by atoms with Gasteiger partial charge < -0.3 is 14.5 Å². The molecule has 0 N–H and O–H groups in total. The monoisotopic (exact) mass is 436 g/mol. The summed E-state index contributed by atoms with van der Waals surface area (Å²) in [6, 6.07) is 7.93. The number of carbonyl (C=O) groups is 2. The summed E-state index contributed by atoms with van der Waals surface area (Å²) in [5.74, 6) is 1.25. The Morgan fingerprint density at radius 1 is 1.06 bits per heavy atom. The van der Waals surface area contributed by atoms with Crippen LogP contribution in [0.4, 0.5) is 0 Å². The minimum Gasteiger partial charge on any atom is -0.497 e. The van der Waals surface area contributed by atoms with E-state index in [1.54, 1.807) is 7.11 Å². The molecule has 2 amide bonds. The van der Waals surface area contributed by atoms with E-state index in [4.69, 9.17) is 9.84 Å². The van der Waals surface area contributed by atoms with Crippen LogP contribution in [-0.4, -0.2) is 58.1 Å². The number of ether oxygens (including phenoxy) is 1. The number of hydrogen-bond donors (Lipinski definition) is 0. The van der Waals surface area contributed by atoms with Crippen molar-refractivity contribution in [1.82, 2.24) is 19.6 Å². The maximum atomic E-state index is 13.6. The lowest BCUT2D eigenvalue weighted by molar-refractivity contribution is -0.135. The van der Waals surface area contributed by atoms with Crippen molar-refractivity contribution in [2.75, 3.05) is 26.7 Å². The number of carbonyl (C=O) groups excluding carboxylic acids is 2. The van der Waals surface area contributed by atoms with E-state index >= 15 is 0 Å². The third-order valence-electron chi connectivity index (χ3n) is 7.45. The van der Waals surface area contributed by atoms with Gasteiger partial charge in [-0.05, 0) is 43.4 Å². The van der Waals surface area contributed by atoms with Crippen LogP contribution >= 0.6 is 0 Å². The Labute approximate surface area is 189 Å². The average Bonchev–Trinajstić information content (AvgIpc) is 3.32. The largest absolute Gasteiger partial charge is 0.497 e. The molecule has 0 bridgehead atoms. The number of amides is 2. The molecule has 2 aliphatic heterocycles. The molecule has 32 heavy (non-hydrogen) atoms. The van der Waals surface area contributed by atoms with Crippen LogP contribution in [0.15, 0.2) is 24.3 Å². The van der Waals surface area contributed by atoms with Crippen molar-refractivity contribution in [3.05, 3.63) is 46.8 Å². The maximum Gasteiger partial charge on any atom is 0.233 e. The molecule has 0 unspecified atom stereocenters. The SMILES string of the molecule is COc1ccc(C2(C(=O)N3CCc4c(c(CCC(=O)N5CCCC5)nn4C)C3)CC2)cc1. The Hall–Kier alpha value is -2.83. The fraction of sp³-hybridized carbons (Fsp3) is 0.560. The Morgan fingerprint density at radius 2 is 1.78 bits per heavy atom. The highest BCUT2D eigenvalue weighted by atomic mass is 16.5. The van der Waals surface area contributed by atoms with Crippen LogP contribution in [0.5, 0.6) is 5.75 Å². The van der Waals surface area contributed by atoms with Crippen molar-refractivity contribution in [1.29, 1.82) is 0 Å². The third kappa shape index (κ3) is 3.67. The summed E-state index contributed by atoms with van der Waals surface area (Å²) < 4.78 is 7.22. The zero-order valence-corrected chi connectivity index (χ0v) is 19.1. The predicted molar refractivity (Wildman–Crippen MR) is 120 cm³/mol. The van der Waals surface area contributed by atoms with Crippen LogP contribution in [0.2, 0.25) is 0 Å². The van der Waals surface area contributed by atoms with Gasteiger partial charge in [-0.15, -0.1) is 0 Å². The van der Waals surface area contributed by atoms with Gasteiger partial charge in [0, 0.05) is 63.7 Å². The molecule has 0 radical (unpaired) electrons. The molecule has 1 aromatic carbocycles. The number of hydrogen-bond acceptors (Lipinski definition) is 4. The first-order chi connectivity index (χ1) is 15.5. The van der Waals surface area contributed by atoms with Gasteiger partial charge in [-0.1, -0.05) is 12.1 Å². The summed E-state index contributed by atoms with van der Waals surface area (Å²) in [6.45, 7) is 3.08. The topological polar surface area (TPSA) is 67.7 Å². The third-order valence-corrected chi connectivity index (χ3v) is 7.45. The molecule has 2 aromatic rings. The van der Waals surface area contributed by atoms with E-state index in [1.807, 2.05) is 45.8 Å². The van der Waals surface area contributed by atoms with Crippen molar-refractivity contribution in [2.24, 2.45) is 7.05 Å². The lowest BCUT2D eigenvalue weighted by Crippen LogP contribution is -2.42. The summed E-state index contributed by atoms with van der Waals surface area (Å²) in [4.78, 5) is 30.1. The van der Waals surface area contributed by atoms with Gasteiger partial charge in [-0.2, -0.15) is 5.10 Å². The minimum atomic E-state index is -0.391. The van der Waals surface area contributed by atoms with Gasteiger partial charge >= 0.3 is 0 Å². The molecule has 2 fully saturated rings. The molecule has 1 saturated carbocycles. The van der Waals surface area contributed by atoms with Crippen LogP contribution in [0.3, 0.4) is 0 Å². The molecule has 1 saturated heterocycles. The number of nitrogens with zero attached hydrogens (tertiary/aromatic N) is 4. The quantitative estimate of drug-likeness (QED) is 0.698. The van der Waals surface area contributed by atoms with Gasteiger partial charge in [-0.3, -0.25) is 14.3 Å². The van der Waals surface area contributed by atoms with Crippen molar-refractivity contribution >= 4 is 11.8 Å². The van der Waals surface area contributed by atoms with Gasteiger partial charge in [0.25, 0.3) is 0 Å². The van der Waals surface area contributed by atoms with Crippen LogP contribution in [0.1, 0.15) is 54.6 Å². The van der Waals surface area contributed by atoms with E-state index in [-0.39, 0.29) is 11.8 Å². The molecular formula is C25H32N4O3. The molecule has 3 heterocycles. The van der Waals surface area contributed by atoms with E-state index in [0.717, 1.165) is 74.3 Å². The molecule has 3 aliphatic rings. The number of aryl methyl sites for hydroxylation is 2. The minimum absolute atomic E-state index is 0.219. The van der Waals surface area contributed by atoms with Gasteiger partial charge in [0.1, 0.15) is 5.75 Å². The van der Waals surface area contributed by atoms with E-state index < -0.39 is 5.41 Å². The summed E-state index contributed by atoms with van der Waals surface area (Å²) in [7, 11) is 3.63. The molecule has 7 nitrogen and oxygen atoms in total. The molecule has 1 aromatic heterocycles. The highest BCUT2D eigenvalue weighted by molar-refractivity contribution is 5.91. The predicted octanol–water partition coefficient (Wildman–Crippen LogP) is 2.60. The lowest BCUT2D eigenvalue weighted by Gasteiger charge is -2.31. The van der Waals surface area contributed by atoms with Gasteiger partial charge in [0.15, 0.2) is 0 Å². The van der Waals surface area contributed by atoms with Crippen molar-refractivity contribution in [3.8, 4) is 5.75 Å². The second-order valence-electron chi connectivity index (χ2n) is 9.37. The smallest absolute Gasteiger partial charge is 0.233 e. The molecule has 0 atom stereocenters. The summed E-state index contributed by atoms with van der Waals surface area (Å²) in [5.41, 5.74) is 4.01. The number of aromatic nitrogens is 2. The average molecular weight is 437 g/mol. The molecule has 5 rings (SSSR count). The van der Waals surface area contributed by atoms with Gasteiger partial charge in [0.05, 0.1) is 18.2 Å². The molecule has 1 aliphatic carbocycles. The first-order valence-corrected chi connectivity index (χ1v) is 11.8. The summed E-state index contributed by atoms with van der Waals surface area (Å²) >= 11 is 0. The highest BCUT2D eigenvalue weighted by Crippen LogP contribution is 2.50. The van der Waals surface area contributed by atoms with Gasteiger partial charge in [0.2, 0.25) is 11.8 Å². The van der Waals surface area contributed by atoms with Gasteiger partial charge in [-0.25, -0.2) is 0 Å². The molecule has 170 valence electrons. The van der Waals surface area contributed by atoms with Crippen LogP contribution in [-0.2, 0) is 41.4 Å². The number of rotatable bonds is 6. The molecule has 0 spiro atoms. The van der Waals surface area contributed by atoms with E-state index in [0.29, 0.717) is 19.4 Å². The van der Waals surface area contributed by atoms with E-state index in [9.17, 15) is 9.59 Å². The number of fused-ring (bicyclic) bond motifs is 1. The second-order valence-corrected chi connectivity index (χ2v) is 9.37. The number of benzene rings is 1. The molecule has 7 heteroatoms. The number of likely N-dealkylation sites (tertiary alicyclic amines) is 1. The van der Waals surface area contributed by atoms with Crippen molar-refractivity contribution < 1.29 is 14.3 Å². The van der Waals surface area contributed by atoms with Crippen LogP contribution in [0.25, 0.3) is 0 Å². The highest BCUT2D eigenvalue weighted by Gasteiger charge is 2.53. The van der Waals surface area contributed by atoms with Crippen LogP contribution < -0.4 is 4.74 Å². The zero-order chi connectivity index (χ0) is 22.3. The zero-order valence-electron chi connectivity index (χ0n) is 19.1. The summed E-state index contributed by atoms with van der Waals surface area (Å²) in [6.07, 6.45) is 5.95. The van der Waals surface area contributed by atoms with Crippen molar-refractivity contribution in [2.45, 2.75) is 56.9 Å². The normalized spacial score (nSPS) is 19.1. The fourth-order valence-electron chi connectivity index (χ4n) is 5.36. The first-order valence-electron chi connectivity index (χ1n) is 11.8. The lowest BCUT2D eigenvalue weighted by atomic mass is 9.92. The summed E-state index contributed by atoms with van der Waals surface area (Å²) in [5, 5.41) is 4.73. The maximum absolute atomic E-state index is 13.6. The first kappa shape index (κ1) is 21.0.